The van der Waals surface area contributed by atoms with Crippen LogP contribution in [0.5, 0.6) is 5.75 Å². The minimum Gasteiger partial charge on any atom is -0.497 e. The molecular formula is C21H25N3O4. The van der Waals surface area contributed by atoms with Crippen molar-refractivity contribution in [1.82, 2.24) is 10.6 Å². The Kier molecular flexibility index (Phi) is 6.37. The second-order valence-electron chi connectivity index (χ2n) is 6.87. The number of anilines is 1. The number of amides is 2. The molecule has 1 heterocycles. The molecule has 3 rings (SSSR count). The molecule has 1 saturated heterocycles. The number of carbonyl (C=O) groups is 2. The third-order valence-electron chi connectivity index (χ3n) is 4.91. The summed E-state index contributed by atoms with van der Waals surface area (Å²) >= 11 is 0. The van der Waals surface area contributed by atoms with Gasteiger partial charge in [-0.15, -0.1) is 0 Å². The molecule has 0 radical (unpaired) electrons. The fraction of sp³-hybridized carbons (Fsp3) is 0.333. The minimum atomic E-state index is -0.961. The van der Waals surface area contributed by atoms with E-state index in [0.717, 1.165) is 36.5 Å². The van der Waals surface area contributed by atoms with E-state index in [9.17, 15) is 9.59 Å². The molecule has 1 aliphatic heterocycles. The molecule has 0 spiro atoms. The Bertz CT molecular complexity index is 823. The predicted molar refractivity (Wildman–Crippen MR) is 107 cm³/mol. The van der Waals surface area contributed by atoms with Gasteiger partial charge in [0.2, 0.25) is 0 Å². The monoisotopic (exact) mass is 383 g/mol. The molecule has 1 aliphatic rings. The van der Waals surface area contributed by atoms with E-state index in [-0.39, 0.29) is 11.6 Å². The highest BCUT2D eigenvalue weighted by Gasteiger charge is 2.23. The number of aromatic carboxylic acids is 1. The van der Waals surface area contributed by atoms with E-state index < -0.39 is 5.97 Å². The molecule has 1 atom stereocenters. The number of carboxylic acid groups (broad SMARTS) is 1. The van der Waals surface area contributed by atoms with E-state index in [0.29, 0.717) is 19.0 Å². The molecule has 1 fully saturated rings. The summed E-state index contributed by atoms with van der Waals surface area (Å²) < 4.78 is 5.28. The summed E-state index contributed by atoms with van der Waals surface area (Å²) in [6.07, 6.45) is 1.02. The summed E-state index contributed by atoms with van der Waals surface area (Å²) in [5.74, 6) is 0.276. The van der Waals surface area contributed by atoms with Crippen molar-refractivity contribution in [1.29, 1.82) is 0 Å². The van der Waals surface area contributed by atoms with Gasteiger partial charge < -0.3 is 25.4 Å². The van der Waals surface area contributed by atoms with Gasteiger partial charge in [0.1, 0.15) is 5.75 Å². The molecule has 0 bridgehead atoms. The van der Waals surface area contributed by atoms with Gasteiger partial charge in [-0.2, -0.15) is 0 Å². The highest BCUT2D eigenvalue weighted by Crippen LogP contribution is 2.26. The molecule has 2 aromatic carbocycles. The van der Waals surface area contributed by atoms with Crippen molar-refractivity contribution in [2.24, 2.45) is 5.92 Å². The summed E-state index contributed by atoms with van der Waals surface area (Å²) in [5.41, 5.74) is 2.22. The fourth-order valence-corrected chi connectivity index (χ4v) is 3.29. The molecule has 1 unspecified atom stereocenters. The Morgan fingerprint density at radius 1 is 1.18 bits per heavy atom. The molecule has 0 aliphatic carbocycles. The Morgan fingerprint density at radius 3 is 2.68 bits per heavy atom. The predicted octanol–water partition coefficient (Wildman–Crippen LogP) is 2.72. The van der Waals surface area contributed by atoms with Crippen LogP contribution in [0.15, 0.2) is 48.5 Å². The summed E-state index contributed by atoms with van der Waals surface area (Å²) in [6, 6.07) is 14.3. The lowest BCUT2D eigenvalue weighted by atomic mass is 10.1. The maximum Gasteiger partial charge on any atom is 0.335 e. The number of benzene rings is 2. The van der Waals surface area contributed by atoms with E-state index >= 15 is 0 Å². The Labute approximate surface area is 164 Å². The van der Waals surface area contributed by atoms with Crippen LogP contribution >= 0.6 is 0 Å². The molecular weight excluding hydrogens is 358 g/mol. The highest BCUT2D eigenvalue weighted by molar-refractivity contribution is 5.87. The number of methoxy groups -OCH3 is 1. The summed E-state index contributed by atoms with van der Waals surface area (Å²) in [6.45, 7) is 2.82. The maximum absolute atomic E-state index is 12.0. The van der Waals surface area contributed by atoms with Gasteiger partial charge in [-0.25, -0.2) is 9.59 Å². The zero-order valence-electron chi connectivity index (χ0n) is 15.9. The standard InChI is InChI=1S/C21H25N3O4/c1-28-19-4-2-3-18(11-19)24-10-9-16(14-24)13-23-21(27)22-12-15-5-7-17(8-6-15)20(25)26/h2-8,11,16H,9-10,12-14H2,1H3,(H,25,26)(H2,22,23,27). The first kappa shape index (κ1) is 19.5. The number of nitrogens with zero attached hydrogens (tertiary/aromatic N) is 1. The molecule has 148 valence electrons. The number of rotatable bonds is 7. The topological polar surface area (TPSA) is 90.9 Å². The Balaban J connectivity index is 1.40. The molecule has 3 N–H and O–H groups in total. The van der Waals surface area contributed by atoms with E-state index in [1.54, 1.807) is 19.2 Å². The number of hydrogen-bond acceptors (Lipinski definition) is 4. The lowest BCUT2D eigenvalue weighted by Crippen LogP contribution is -2.38. The number of carboxylic acids is 1. The van der Waals surface area contributed by atoms with Crippen molar-refractivity contribution in [3.8, 4) is 5.75 Å². The Hall–Kier alpha value is -3.22. The lowest BCUT2D eigenvalue weighted by Gasteiger charge is -2.19. The van der Waals surface area contributed by atoms with Gasteiger partial charge in [-0.1, -0.05) is 18.2 Å². The summed E-state index contributed by atoms with van der Waals surface area (Å²) in [7, 11) is 1.66. The smallest absolute Gasteiger partial charge is 0.335 e. The van der Waals surface area contributed by atoms with Gasteiger partial charge in [0.05, 0.1) is 12.7 Å². The van der Waals surface area contributed by atoms with Crippen LogP contribution in [0.1, 0.15) is 22.3 Å². The largest absolute Gasteiger partial charge is 0.497 e. The number of urea groups is 1. The van der Waals surface area contributed by atoms with Gasteiger partial charge >= 0.3 is 12.0 Å². The van der Waals surface area contributed by atoms with Crippen molar-refractivity contribution in [2.75, 3.05) is 31.6 Å². The third-order valence-corrected chi connectivity index (χ3v) is 4.91. The van der Waals surface area contributed by atoms with Gasteiger partial charge in [0.15, 0.2) is 0 Å². The average Bonchev–Trinajstić information content (AvgIpc) is 3.20. The Morgan fingerprint density at radius 2 is 1.96 bits per heavy atom. The molecule has 2 amide bonds. The van der Waals surface area contributed by atoms with Gasteiger partial charge in [0, 0.05) is 37.9 Å². The zero-order chi connectivity index (χ0) is 19.9. The molecule has 0 aromatic heterocycles. The number of hydrogen-bond donors (Lipinski definition) is 3. The SMILES string of the molecule is COc1cccc(N2CCC(CNC(=O)NCc3ccc(C(=O)O)cc3)C2)c1. The highest BCUT2D eigenvalue weighted by atomic mass is 16.5. The van der Waals surface area contributed by atoms with Crippen molar-refractivity contribution in [3.63, 3.8) is 0 Å². The number of carbonyl (C=O) groups excluding carboxylic acids is 1. The van der Waals surface area contributed by atoms with Crippen LogP contribution < -0.4 is 20.3 Å². The molecule has 2 aromatic rings. The quantitative estimate of drug-likeness (QED) is 0.684. The molecule has 28 heavy (non-hydrogen) atoms. The van der Waals surface area contributed by atoms with E-state index in [2.05, 4.69) is 21.6 Å². The van der Waals surface area contributed by atoms with Crippen LogP contribution in [-0.2, 0) is 6.54 Å². The first-order chi connectivity index (χ1) is 13.5. The van der Waals surface area contributed by atoms with Crippen molar-refractivity contribution >= 4 is 17.7 Å². The minimum absolute atomic E-state index is 0.220. The van der Waals surface area contributed by atoms with Crippen molar-refractivity contribution in [2.45, 2.75) is 13.0 Å². The van der Waals surface area contributed by atoms with Crippen LogP contribution in [0.25, 0.3) is 0 Å². The van der Waals surface area contributed by atoms with E-state index in [1.165, 1.54) is 12.1 Å². The van der Waals surface area contributed by atoms with Gasteiger partial charge in [-0.05, 0) is 42.2 Å². The summed E-state index contributed by atoms with van der Waals surface area (Å²) in [4.78, 5) is 25.2. The zero-order valence-corrected chi connectivity index (χ0v) is 15.9. The summed E-state index contributed by atoms with van der Waals surface area (Å²) in [5, 5.41) is 14.6. The van der Waals surface area contributed by atoms with Crippen LogP contribution in [-0.4, -0.2) is 43.9 Å². The van der Waals surface area contributed by atoms with Crippen molar-refractivity contribution < 1.29 is 19.4 Å². The molecule has 7 heteroatoms. The third kappa shape index (κ3) is 5.16. The van der Waals surface area contributed by atoms with E-state index in [1.807, 2.05) is 18.2 Å². The molecule has 7 nitrogen and oxygen atoms in total. The number of ether oxygens (including phenoxy) is 1. The number of nitrogens with one attached hydrogen (secondary N) is 2. The second kappa shape index (κ2) is 9.12. The average molecular weight is 383 g/mol. The van der Waals surface area contributed by atoms with E-state index in [4.69, 9.17) is 9.84 Å². The van der Waals surface area contributed by atoms with Crippen LogP contribution in [0.3, 0.4) is 0 Å². The molecule has 0 saturated carbocycles. The van der Waals surface area contributed by atoms with Crippen LogP contribution in [0.4, 0.5) is 10.5 Å². The van der Waals surface area contributed by atoms with Gasteiger partial charge in [0.25, 0.3) is 0 Å². The first-order valence-electron chi connectivity index (χ1n) is 9.28. The normalized spacial score (nSPS) is 15.9. The second-order valence-corrected chi connectivity index (χ2v) is 6.87. The van der Waals surface area contributed by atoms with Crippen molar-refractivity contribution in [3.05, 3.63) is 59.7 Å². The van der Waals surface area contributed by atoms with Crippen LogP contribution in [0, 0.1) is 5.92 Å². The van der Waals surface area contributed by atoms with Crippen LogP contribution in [0.2, 0.25) is 0 Å². The fourth-order valence-electron chi connectivity index (χ4n) is 3.29. The maximum atomic E-state index is 12.0. The first-order valence-corrected chi connectivity index (χ1v) is 9.28. The lowest BCUT2D eigenvalue weighted by molar-refractivity contribution is 0.0697. The van der Waals surface area contributed by atoms with Gasteiger partial charge in [-0.3, -0.25) is 0 Å².